The van der Waals surface area contributed by atoms with E-state index in [1.807, 2.05) is 48.5 Å². The molecule has 2 amide bonds. The molecule has 0 bridgehead atoms. The molecule has 148 valence electrons. The molecule has 0 spiro atoms. The van der Waals surface area contributed by atoms with Crippen LogP contribution < -0.4 is 11.1 Å². The maximum Gasteiger partial charge on any atom is 0.234 e. The Balaban J connectivity index is 1.49. The van der Waals surface area contributed by atoms with Gasteiger partial charge in [0.05, 0.1) is 6.04 Å². The number of aryl methyl sites for hydroxylation is 1. The van der Waals surface area contributed by atoms with Crippen LogP contribution in [0.3, 0.4) is 0 Å². The Morgan fingerprint density at radius 2 is 1.93 bits per heavy atom. The number of rotatable bonds is 8. The first-order valence-corrected chi connectivity index (χ1v) is 10.1. The van der Waals surface area contributed by atoms with E-state index in [4.69, 9.17) is 17.3 Å². The Labute approximate surface area is 170 Å². The summed E-state index contributed by atoms with van der Waals surface area (Å²) in [4.78, 5) is 25.9. The minimum Gasteiger partial charge on any atom is -0.368 e. The van der Waals surface area contributed by atoms with Crippen molar-refractivity contribution in [1.29, 1.82) is 0 Å². The lowest BCUT2D eigenvalue weighted by atomic mass is 10.1. The molecule has 1 saturated heterocycles. The predicted molar refractivity (Wildman–Crippen MR) is 112 cm³/mol. The Morgan fingerprint density at radius 1 is 1.14 bits per heavy atom. The maximum atomic E-state index is 12.3. The molecule has 28 heavy (non-hydrogen) atoms. The van der Waals surface area contributed by atoms with Crippen LogP contribution in [0.4, 0.5) is 5.69 Å². The highest BCUT2D eigenvalue weighted by Gasteiger charge is 2.28. The molecule has 0 aromatic heterocycles. The van der Waals surface area contributed by atoms with Crippen molar-refractivity contribution in [2.75, 3.05) is 11.9 Å². The number of hydrogen-bond donors (Lipinski definition) is 2. The zero-order valence-electron chi connectivity index (χ0n) is 15.9. The van der Waals surface area contributed by atoms with Crippen LogP contribution in [0.15, 0.2) is 48.5 Å². The first kappa shape index (κ1) is 20.4. The zero-order valence-corrected chi connectivity index (χ0v) is 16.6. The highest BCUT2D eigenvalue weighted by atomic mass is 35.5. The molecule has 1 aliphatic heterocycles. The third kappa shape index (κ3) is 5.81. The van der Waals surface area contributed by atoms with Crippen molar-refractivity contribution >= 4 is 29.1 Å². The van der Waals surface area contributed by atoms with Gasteiger partial charge in [0.1, 0.15) is 0 Å². The summed E-state index contributed by atoms with van der Waals surface area (Å²) in [5, 5.41) is 3.69. The number of amides is 2. The number of nitrogens with one attached hydrogen (secondary N) is 1. The van der Waals surface area contributed by atoms with E-state index < -0.39 is 0 Å². The van der Waals surface area contributed by atoms with Gasteiger partial charge in [-0.3, -0.25) is 14.5 Å². The van der Waals surface area contributed by atoms with Crippen LogP contribution in [0.25, 0.3) is 0 Å². The Kier molecular flexibility index (Phi) is 7.06. The highest BCUT2D eigenvalue weighted by molar-refractivity contribution is 6.30. The van der Waals surface area contributed by atoms with Crippen LogP contribution in [0, 0.1) is 0 Å². The van der Waals surface area contributed by atoms with E-state index >= 15 is 0 Å². The van der Waals surface area contributed by atoms with Crippen LogP contribution in [0.5, 0.6) is 0 Å². The number of nitrogens with zero attached hydrogens (tertiary/aromatic N) is 1. The number of carbonyl (C=O) groups excluding carboxylic acids is 2. The van der Waals surface area contributed by atoms with Gasteiger partial charge in [0, 0.05) is 23.7 Å². The van der Waals surface area contributed by atoms with Crippen molar-refractivity contribution in [1.82, 2.24) is 4.90 Å². The van der Waals surface area contributed by atoms with Gasteiger partial charge >= 0.3 is 0 Å². The monoisotopic (exact) mass is 399 g/mol. The van der Waals surface area contributed by atoms with Crippen molar-refractivity contribution in [3.8, 4) is 0 Å². The van der Waals surface area contributed by atoms with Crippen LogP contribution in [0.1, 0.15) is 36.8 Å². The van der Waals surface area contributed by atoms with Gasteiger partial charge < -0.3 is 11.1 Å². The maximum absolute atomic E-state index is 12.3. The zero-order chi connectivity index (χ0) is 19.9. The number of primary amides is 1. The summed E-state index contributed by atoms with van der Waals surface area (Å²) in [5.74, 6) is -0.259. The highest BCUT2D eigenvalue weighted by Crippen LogP contribution is 2.21. The molecule has 1 atom stereocenters. The average molecular weight is 400 g/mol. The van der Waals surface area contributed by atoms with Crippen molar-refractivity contribution in [2.24, 2.45) is 5.73 Å². The number of halogens is 1. The van der Waals surface area contributed by atoms with Crippen molar-refractivity contribution in [2.45, 2.75) is 44.7 Å². The Hall–Kier alpha value is -2.37. The molecule has 1 unspecified atom stereocenters. The van der Waals surface area contributed by atoms with Gasteiger partial charge in [-0.1, -0.05) is 35.9 Å². The molecule has 3 N–H and O–H groups in total. The SMILES string of the molecule is NC(=O)C1CCCN1Cc1cccc(NC(=O)CCCc2ccc(Cl)cc2)c1. The number of hydrogen-bond acceptors (Lipinski definition) is 3. The van der Waals surface area contributed by atoms with Crippen LogP contribution in [-0.2, 0) is 22.6 Å². The molecular weight excluding hydrogens is 374 g/mol. The fourth-order valence-electron chi connectivity index (χ4n) is 3.65. The molecule has 1 heterocycles. The standard InChI is InChI=1S/C22H26ClN3O2/c23-18-11-9-16(10-12-18)4-2-8-21(27)25-19-6-1-5-17(14-19)15-26-13-3-7-20(26)22(24)28/h1,5-6,9-12,14,20H,2-4,7-8,13,15H2,(H2,24,28)(H,25,27). The fraction of sp³-hybridized carbons (Fsp3) is 0.364. The minimum atomic E-state index is -0.261. The largest absolute Gasteiger partial charge is 0.368 e. The summed E-state index contributed by atoms with van der Waals surface area (Å²) >= 11 is 5.89. The lowest BCUT2D eigenvalue weighted by Crippen LogP contribution is -2.39. The van der Waals surface area contributed by atoms with Gasteiger partial charge in [-0.15, -0.1) is 0 Å². The molecule has 0 aliphatic carbocycles. The summed E-state index contributed by atoms with van der Waals surface area (Å²) in [7, 11) is 0. The normalized spacial score (nSPS) is 16.8. The van der Waals surface area contributed by atoms with Crippen molar-refractivity contribution in [3.05, 3.63) is 64.7 Å². The second-order valence-corrected chi connectivity index (χ2v) is 7.70. The van der Waals surface area contributed by atoms with Gasteiger partial charge in [0.25, 0.3) is 0 Å². The van der Waals surface area contributed by atoms with Gasteiger partial charge in [0.2, 0.25) is 11.8 Å². The molecule has 2 aromatic rings. The topological polar surface area (TPSA) is 75.4 Å². The molecular formula is C22H26ClN3O2. The second kappa shape index (κ2) is 9.71. The smallest absolute Gasteiger partial charge is 0.234 e. The molecule has 0 radical (unpaired) electrons. The van der Waals surface area contributed by atoms with E-state index in [9.17, 15) is 9.59 Å². The summed E-state index contributed by atoms with van der Waals surface area (Å²) in [5.41, 5.74) is 8.51. The number of anilines is 1. The summed E-state index contributed by atoms with van der Waals surface area (Å²) in [6, 6.07) is 15.3. The van der Waals surface area contributed by atoms with Crippen LogP contribution in [0.2, 0.25) is 5.02 Å². The molecule has 0 saturated carbocycles. The average Bonchev–Trinajstić information content (AvgIpc) is 3.12. The summed E-state index contributed by atoms with van der Waals surface area (Å²) in [6.07, 6.45) is 3.88. The third-order valence-electron chi connectivity index (χ3n) is 5.07. The van der Waals surface area contributed by atoms with Gasteiger partial charge in [-0.25, -0.2) is 0 Å². The molecule has 1 aliphatic rings. The Morgan fingerprint density at radius 3 is 2.68 bits per heavy atom. The van der Waals surface area contributed by atoms with E-state index in [0.29, 0.717) is 13.0 Å². The third-order valence-corrected chi connectivity index (χ3v) is 5.32. The van der Waals surface area contributed by atoms with E-state index in [1.54, 1.807) is 0 Å². The van der Waals surface area contributed by atoms with Gasteiger partial charge in [-0.05, 0) is 67.6 Å². The number of likely N-dealkylation sites (tertiary alicyclic amines) is 1. The first-order valence-electron chi connectivity index (χ1n) is 9.68. The fourth-order valence-corrected chi connectivity index (χ4v) is 3.77. The first-order chi connectivity index (χ1) is 13.5. The van der Waals surface area contributed by atoms with Crippen LogP contribution >= 0.6 is 11.6 Å². The lowest BCUT2D eigenvalue weighted by Gasteiger charge is -2.22. The number of nitrogens with two attached hydrogens (primary N) is 1. The van der Waals surface area contributed by atoms with Gasteiger partial charge in [-0.2, -0.15) is 0 Å². The quantitative estimate of drug-likeness (QED) is 0.709. The van der Waals surface area contributed by atoms with E-state index in [1.165, 1.54) is 5.56 Å². The summed E-state index contributed by atoms with van der Waals surface area (Å²) in [6.45, 7) is 1.53. The second-order valence-electron chi connectivity index (χ2n) is 7.26. The van der Waals surface area contributed by atoms with Gasteiger partial charge in [0.15, 0.2) is 0 Å². The van der Waals surface area contributed by atoms with E-state index in [-0.39, 0.29) is 17.9 Å². The summed E-state index contributed by atoms with van der Waals surface area (Å²) < 4.78 is 0. The van der Waals surface area contributed by atoms with Crippen LogP contribution in [-0.4, -0.2) is 29.3 Å². The van der Waals surface area contributed by atoms with E-state index in [0.717, 1.165) is 48.5 Å². The molecule has 1 fully saturated rings. The molecule has 5 nitrogen and oxygen atoms in total. The predicted octanol–water partition coefficient (Wildman–Crippen LogP) is 3.75. The molecule has 3 rings (SSSR count). The van der Waals surface area contributed by atoms with E-state index in [2.05, 4.69) is 10.2 Å². The van der Waals surface area contributed by atoms with Crippen molar-refractivity contribution < 1.29 is 9.59 Å². The molecule has 6 heteroatoms. The lowest BCUT2D eigenvalue weighted by molar-refractivity contribution is -0.122. The number of benzene rings is 2. The number of carbonyl (C=O) groups is 2. The Bertz CT molecular complexity index is 823. The van der Waals surface area contributed by atoms with Crippen molar-refractivity contribution in [3.63, 3.8) is 0 Å². The minimum absolute atomic E-state index is 0.00213. The molecule has 2 aromatic carbocycles.